The van der Waals surface area contributed by atoms with Crippen LogP contribution in [0, 0.1) is 29.1 Å². The molecule has 0 bridgehead atoms. The van der Waals surface area contributed by atoms with Gasteiger partial charge in [0, 0.05) is 5.56 Å². The zero-order chi connectivity index (χ0) is 19.6. The molecule has 5 heteroatoms. The molecule has 0 aromatic heterocycles. The highest BCUT2D eigenvalue weighted by Gasteiger charge is 2.16. The van der Waals surface area contributed by atoms with E-state index in [1.165, 1.54) is 12.1 Å². The van der Waals surface area contributed by atoms with E-state index in [4.69, 9.17) is 0 Å². The first kappa shape index (κ1) is 19.1. The summed E-state index contributed by atoms with van der Waals surface area (Å²) >= 11 is 0. The third kappa shape index (κ3) is 4.02. The van der Waals surface area contributed by atoms with Crippen molar-refractivity contribution in [1.29, 1.82) is 0 Å². The van der Waals surface area contributed by atoms with E-state index < -0.39 is 29.1 Å². The van der Waals surface area contributed by atoms with Crippen LogP contribution < -0.4 is 0 Å². The van der Waals surface area contributed by atoms with Crippen LogP contribution in [0.4, 0.5) is 22.0 Å². The van der Waals surface area contributed by atoms with Gasteiger partial charge in [0.1, 0.15) is 0 Å². The molecule has 3 aromatic rings. The first-order valence-corrected chi connectivity index (χ1v) is 8.60. The number of halogens is 5. The summed E-state index contributed by atoms with van der Waals surface area (Å²) in [6.45, 7) is 2.00. The summed E-state index contributed by atoms with van der Waals surface area (Å²) < 4.78 is 68.4. The fourth-order valence-corrected chi connectivity index (χ4v) is 2.96. The van der Waals surface area contributed by atoms with Gasteiger partial charge in [-0.1, -0.05) is 43.3 Å². The maximum absolute atomic E-state index is 14.5. The number of rotatable bonds is 5. The standard InChI is InChI=1S/C22H17F5/c1-2-13-3-6-15(7-4-13)17-10-9-16(20(25)21(17)26)8-5-14-11-18(23)22(27)19(24)12-14/h3-4,6-7,9-12H,2,5,8H2,1H3. The molecule has 27 heavy (non-hydrogen) atoms. The lowest BCUT2D eigenvalue weighted by Crippen LogP contribution is -2.01. The van der Waals surface area contributed by atoms with Gasteiger partial charge in [0.15, 0.2) is 29.1 Å². The van der Waals surface area contributed by atoms with Crippen LogP contribution in [-0.4, -0.2) is 0 Å². The highest BCUT2D eigenvalue weighted by Crippen LogP contribution is 2.27. The lowest BCUT2D eigenvalue weighted by Gasteiger charge is -2.10. The lowest BCUT2D eigenvalue weighted by molar-refractivity contribution is 0.445. The van der Waals surface area contributed by atoms with Crippen LogP contribution in [0.2, 0.25) is 0 Å². The topological polar surface area (TPSA) is 0 Å². The van der Waals surface area contributed by atoms with Crippen molar-refractivity contribution < 1.29 is 22.0 Å². The quantitative estimate of drug-likeness (QED) is 0.357. The fraction of sp³-hybridized carbons (Fsp3) is 0.182. The summed E-state index contributed by atoms with van der Waals surface area (Å²) in [7, 11) is 0. The molecular weight excluding hydrogens is 359 g/mol. The smallest absolute Gasteiger partial charge is 0.194 e. The van der Waals surface area contributed by atoms with Gasteiger partial charge in [-0.3, -0.25) is 0 Å². The van der Waals surface area contributed by atoms with Crippen LogP contribution in [0.3, 0.4) is 0 Å². The van der Waals surface area contributed by atoms with Crippen molar-refractivity contribution in [3.63, 3.8) is 0 Å². The SMILES string of the molecule is CCc1ccc(-c2ccc(CCc3cc(F)c(F)c(F)c3)c(F)c2F)cc1. The van der Waals surface area contributed by atoms with Crippen LogP contribution in [0.15, 0.2) is 48.5 Å². The number of benzene rings is 3. The average molecular weight is 376 g/mol. The predicted octanol–water partition coefficient (Wildman–Crippen LogP) is 6.40. The minimum Gasteiger partial charge on any atom is -0.204 e. The molecule has 0 aliphatic heterocycles. The zero-order valence-corrected chi connectivity index (χ0v) is 14.6. The van der Waals surface area contributed by atoms with Gasteiger partial charge in [0.2, 0.25) is 0 Å². The molecule has 140 valence electrons. The molecule has 0 saturated carbocycles. The maximum atomic E-state index is 14.5. The Morgan fingerprint density at radius 1 is 0.630 bits per heavy atom. The van der Waals surface area contributed by atoms with Crippen molar-refractivity contribution in [1.82, 2.24) is 0 Å². The summed E-state index contributed by atoms with van der Waals surface area (Å²) in [5.74, 6) is -6.11. The Morgan fingerprint density at radius 3 is 1.85 bits per heavy atom. The Morgan fingerprint density at radius 2 is 1.26 bits per heavy atom. The van der Waals surface area contributed by atoms with E-state index in [2.05, 4.69) is 0 Å². The van der Waals surface area contributed by atoms with E-state index in [0.29, 0.717) is 5.56 Å². The normalized spacial score (nSPS) is 11.0. The molecule has 0 amide bonds. The summed E-state index contributed by atoms with van der Waals surface area (Å²) in [5.41, 5.74) is 2.07. The molecule has 0 saturated heterocycles. The zero-order valence-electron chi connectivity index (χ0n) is 14.6. The van der Waals surface area contributed by atoms with Crippen molar-refractivity contribution in [2.24, 2.45) is 0 Å². The lowest BCUT2D eigenvalue weighted by atomic mass is 9.98. The number of aryl methyl sites for hydroxylation is 3. The van der Waals surface area contributed by atoms with E-state index in [0.717, 1.165) is 24.1 Å². The Hall–Kier alpha value is -2.69. The van der Waals surface area contributed by atoms with Crippen LogP contribution >= 0.6 is 0 Å². The summed E-state index contributed by atoms with van der Waals surface area (Å²) in [4.78, 5) is 0. The van der Waals surface area contributed by atoms with Crippen LogP contribution in [0.25, 0.3) is 11.1 Å². The van der Waals surface area contributed by atoms with Crippen LogP contribution in [0.5, 0.6) is 0 Å². The molecule has 0 nitrogen and oxygen atoms in total. The second kappa shape index (κ2) is 7.91. The monoisotopic (exact) mass is 376 g/mol. The highest BCUT2D eigenvalue weighted by atomic mass is 19.2. The third-order valence-corrected chi connectivity index (χ3v) is 4.56. The van der Waals surface area contributed by atoms with Gasteiger partial charge in [-0.2, -0.15) is 0 Å². The summed E-state index contributed by atoms with van der Waals surface area (Å²) in [6, 6.07) is 11.8. The van der Waals surface area contributed by atoms with Crippen molar-refractivity contribution in [3.8, 4) is 11.1 Å². The maximum Gasteiger partial charge on any atom is 0.194 e. The molecule has 0 aliphatic carbocycles. The average Bonchev–Trinajstić information content (AvgIpc) is 2.67. The Bertz CT molecular complexity index is 938. The van der Waals surface area contributed by atoms with Gasteiger partial charge in [-0.05, 0) is 53.6 Å². The molecule has 0 heterocycles. The molecule has 0 unspecified atom stereocenters. The molecule has 0 aliphatic rings. The Balaban J connectivity index is 1.82. The second-order valence-electron chi connectivity index (χ2n) is 6.32. The van der Waals surface area contributed by atoms with E-state index >= 15 is 0 Å². The third-order valence-electron chi connectivity index (χ3n) is 4.56. The largest absolute Gasteiger partial charge is 0.204 e. The first-order chi connectivity index (χ1) is 12.9. The van der Waals surface area contributed by atoms with Crippen LogP contribution in [0.1, 0.15) is 23.6 Å². The van der Waals surface area contributed by atoms with E-state index in [-0.39, 0.29) is 29.5 Å². The van der Waals surface area contributed by atoms with Crippen molar-refractivity contribution >= 4 is 0 Å². The van der Waals surface area contributed by atoms with Crippen LogP contribution in [-0.2, 0) is 19.3 Å². The minimum atomic E-state index is -1.55. The van der Waals surface area contributed by atoms with Gasteiger partial charge in [0.05, 0.1) is 0 Å². The van der Waals surface area contributed by atoms with Crippen molar-refractivity contribution in [3.05, 3.63) is 94.3 Å². The van der Waals surface area contributed by atoms with E-state index in [1.54, 1.807) is 12.1 Å². The molecule has 0 N–H and O–H groups in total. The van der Waals surface area contributed by atoms with Gasteiger partial charge in [0.25, 0.3) is 0 Å². The molecular formula is C22H17F5. The fourth-order valence-electron chi connectivity index (χ4n) is 2.96. The minimum absolute atomic E-state index is 0.0301. The van der Waals surface area contributed by atoms with Gasteiger partial charge in [-0.15, -0.1) is 0 Å². The molecule has 0 fully saturated rings. The molecule has 0 spiro atoms. The van der Waals surface area contributed by atoms with Crippen molar-refractivity contribution in [2.45, 2.75) is 26.2 Å². The number of hydrogen-bond donors (Lipinski definition) is 0. The first-order valence-electron chi connectivity index (χ1n) is 8.60. The molecule has 0 atom stereocenters. The molecule has 0 radical (unpaired) electrons. The molecule has 3 rings (SSSR count). The summed E-state index contributed by atoms with van der Waals surface area (Å²) in [6.07, 6.45) is 0.929. The second-order valence-corrected chi connectivity index (χ2v) is 6.32. The van der Waals surface area contributed by atoms with E-state index in [1.807, 2.05) is 19.1 Å². The van der Waals surface area contributed by atoms with Gasteiger partial charge < -0.3 is 0 Å². The van der Waals surface area contributed by atoms with Crippen molar-refractivity contribution in [2.75, 3.05) is 0 Å². The predicted molar refractivity (Wildman–Crippen MR) is 94.9 cm³/mol. The highest BCUT2D eigenvalue weighted by molar-refractivity contribution is 5.65. The Kier molecular flexibility index (Phi) is 5.59. The van der Waals surface area contributed by atoms with Gasteiger partial charge in [-0.25, -0.2) is 22.0 Å². The Labute approximate surface area is 154 Å². The molecule has 3 aromatic carbocycles. The van der Waals surface area contributed by atoms with E-state index in [9.17, 15) is 22.0 Å². The van der Waals surface area contributed by atoms with Gasteiger partial charge >= 0.3 is 0 Å². The summed E-state index contributed by atoms with van der Waals surface area (Å²) in [5, 5.41) is 0. The number of hydrogen-bond acceptors (Lipinski definition) is 0.